The molecule has 0 saturated heterocycles. The van der Waals surface area contributed by atoms with Crippen molar-refractivity contribution < 1.29 is 52.5 Å². The number of alkyl halides is 3. The third-order valence-corrected chi connectivity index (χ3v) is 6.50. The van der Waals surface area contributed by atoms with Gasteiger partial charge in [0.2, 0.25) is 9.79 Å². The highest BCUT2D eigenvalue weighted by Gasteiger charge is 2.41. The molecule has 3 nitrogen and oxygen atoms in total. The zero-order chi connectivity index (χ0) is 25.1. The second-order valence-corrected chi connectivity index (χ2v) is 9.19. The Morgan fingerprint density at radius 2 is 0.970 bits per heavy atom. The minimum Gasteiger partial charge on any atom is -0.741 e. The smallest absolute Gasteiger partial charge is 0.485 e. The first kappa shape index (κ1) is 26.5. The molecule has 0 atom stereocenters. The van der Waals surface area contributed by atoms with E-state index in [9.17, 15) is 39.5 Å². The largest absolute Gasteiger partial charge is 0.741 e. The van der Waals surface area contributed by atoms with Crippen molar-refractivity contribution in [2.45, 2.75) is 20.2 Å². The van der Waals surface area contributed by atoms with E-state index in [1.807, 2.05) is 0 Å². The number of benzene rings is 3. The molecule has 0 aliphatic rings. The molecule has 0 radical (unpaired) electrons. The molecule has 0 aliphatic carbocycles. The first-order chi connectivity index (χ1) is 15.1. The predicted molar refractivity (Wildman–Crippen MR) is 97.0 cm³/mol. The minimum absolute atomic E-state index is 0.191. The van der Waals surface area contributed by atoms with E-state index in [-0.39, 0.29) is 4.90 Å². The van der Waals surface area contributed by atoms with E-state index in [0.717, 1.165) is 0 Å². The van der Waals surface area contributed by atoms with E-state index >= 15 is 0 Å². The summed E-state index contributed by atoms with van der Waals surface area (Å²) in [6, 6.07) is 9.23. The van der Waals surface area contributed by atoms with Crippen molar-refractivity contribution in [2.75, 3.05) is 0 Å². The highest BCUT2D eigenvalue weighted by molar-refractivity contribution is 7.97. The van der Waals surface area contributed by atoms with E-state index in [1.165, 1.54) is 24.3 Å². The fourth-order valence-corrected chi connectivity index (χ4v) is 4.46. The SMILES string of the molecule is Fc1cc(F)c([S+](c2ccccc2)c2c(F)cc(F)cc2F)c(F)c1.O=S(=O)([O-])C(F)(F)F. The Kier molecular flexibility index (Phi) is 8.09. The molecule has 0 aromatic heterocycles. The lowest BCUT2D eigenvalue weighted by molar-refractivity contribution is -0.0517. The van der Waals surface area contributed by atoms with Gasteiger partial charge in [0.25, 0.3) is 0 Å². The summed E-state index contributed by atoms with van der Waals surface area (Å²) in [5.74, 6) is -7.45. The van der Waals surface area contributed by atoms with Crippen molar-refractivity contribution in [1.29, 1.82) is 0 Å². The fourth-order valence-electron chi connectivity index (χ4n) is 2.34. The lowest BCUT2D eigenvalue weighted by atomic mass is 10.3. The van der Waals surface area contributed by atoms with Gasteiger partial charge in [-0.15, -0.1) is 0 Å². The Bertz CT molecular complexity index is 1140. The van der Waals surface area contributed by atoms with Crippen LogP contribution in [0.1, 0.15) is 0 Å². The molecule has 3 aromatic rings. The molecular weight excluding hydrogens is 511 g/mol. The van der Waals surface area contributed by atoms with Gasteiger partial charge in [-0.1, -0.05) is 18.2 Å². The zero-order valence-electron chi connectivity index (χ0n) is 15.6. The normalized spacial score (nSPS) is 11.8. The molecule has 0 fully saturated rings. The van der Waals surface area contributed by atoms with Crippen LogP contribution in [0.5, 0.6) is 0 Å². The number of hydrogen-bond acceptors (Lipinski definition) is 3. The van der Waals surface area contributed by atoms with Gasteiger partial charge >= 0.3 is 5.51 Å². The van der Waals surface area contributed by atoms with Crippen molar-refractivity contribution in [3.05, 3.63) is 89.5 Å². The molecule has 178 valence electrons. The van der Waals surface area contributed by atoms with Gasteiger partial charge in [0.1, 0.15) is 22.5 Å². The minimum atomic E-state index is -6.09. The third kappa shape index (κ3) is 6.42. The maximum atomic E-state index is 14.3. The fraction of sp³-hybridized carbons (Fsp3) is 0.0526. The zero-order valence-corrected chi connectivity index (χ0v) is 17.3. The molecule has 0 unspecified atom stereocenters. The molecule has 0 bridgehead atoms. The van der Waals surface area contributed by atoms with Gasteiger partial charge in [-0.25, -0.2) is 34.8 Å². The van der Waals surface area contributed by atoms with Crippen LogP contribution in [0.2, 0.25) is 0 Å². The summed E-state index contributed by atoms with van der Waals surface area (Å²) < 4.78 is 142. The van der Waals surface area contributed by atoms with E-state index in [1.54, 1.807) is 6.07 Å². The number of halogens is 9. The summed E-state index contributed by atoms with van der Waals surface area (Å²) in [5, 5.41) is 0. The van der Waals surface area contributed by atoms with Gasteiger partial charge in [-0.2, -0.15) is 13.2 Å². The van der Waals surface area contributed by atoms with Crippen LogP contribution in [0.4, 0.5) is 39.5 Å². The van der Waals surface area contributed by atoms with E-state index in [2.05, 4.69) is 0 Å². The highest BCUT2D eigenvalue weighted by atomic mass is 32.2. The standard InChI is InChI=1S/C18H9F6S.CHF3O3S/c19-10-6-13(21)17(14(22)7-10)25(12-4-2-1-3-5-12)18-15(23)8-11(20)9-16(18)24;2-1(3,4)8(5,6)7/h1-9H;(H,5,6,7)/q+1;/p-1. The van der Waals surface area contributed by atoms with Crippen LogP contribution in [0.3, 0.4) is 0 Å². The van der Waals surface area contributed by atoms with Gasteiger partial charge in [0.05, 0.1) is 0 Å². The van der Waals surface area contributed by atoms with Crippen molar-refractivity contribution in [2.24, 2.45) is 0 Å². The van der Waals surface area contributed by atoms with Crippen LogP contribution in [-0.2, 0) is 21.0 Å². The van der Waals surface area contributed by atoms with Gasteiger partial charge in [-0.3, -0.25) is 0 Å². The Balaban J connectivity index is 0.000000414. The van der Waals surface area contributed by atoms with Gasteiger partial charge in [-0.05, 0) is 12.1 Å². The summed E-state index contributed by atoms with van der Waals surface area (Å²) in [4.78, 5) is -1.20. The Morgan fingerprint density at radius 3 is 1.24 bits per heavy atom. The maximum absolute atomic E-state index is 14.3. The summed E-state index contributed by atoms with van der Waals surface area (Å²) in [6.07, 6.45) is 0. The van der Waals surface area contributed by atoms with Crippen LogP contribution < -0.4 is 0 Å². The summed E-state index contributed by atoms with van der Waals surface area (Å²) in [5.41, 5.74) is -5.65. The lowest BCUT2D eigenvalue weighted by Gasteiger charge is -2.11. The monoisotopic (exact) mass is 520 g/mol. The molecule has 0 amide bonds. The average Bonchev–Trinajstić information content (AvgIpc) is 2.65. The second-order valence-electron chi connectivity index (χ2n) is 5.92. The molecule has 0 spiro atoms. The van der Waals surface area contributed by atoms with E-state index in [4.69, 9.17) is 13.0 Å². The third-order valence-electron chi connectivity index (χ3n) is 3.60. The molecule has 0 N–H and O–H groups in total. The molecule has 0 saturated carbocycles. The topological polar surface area (TPSA) is 57.2 Å². The van der Waals surface area contributed by atoms with Gasteiger partial charge < -0.3 is 4.55 Å². The molecule has 33 heavy (non-hydrogen) atoms. The van der Waals surface area contributed by atoms with E-state index in [0.29, 0.717) is 24.3 Å². The lowest BCUT2D eigenvalue weighted by Crippen LogP contribution is -2.21. The Labute approximate surface area is 183 Å². The Morgan fingerprint density at radius 1 is 0.667 bits per heavy atom. The van der Waals surface area contributed by atoms with Crippen molar-refractivity contribution >= 4 is 21.0 Å². The number of rotatable bonds is 3. The van der Waals surface area contributed by atoms with Crippen molar-refractivity contribution in [1.82, 2.24) is 0 Å². The first-order valence-electron chi connectivity index (χ1n) is 8.24. The van der Waals surface area contributed by atoms with Crippen LogP contribution in [0.15, 0.2) is 69.3 Å². The highest BCUT2D eigenvalue weighted by Crippen LogP contribution is 2.37. The van der Waals surface area contributed by atoms with E-state index < -0.39 is 71.2 Å². The molecule has 3 rings (SSSR count). The summed E-state index contributed by atoms with van der Waals surface area (Å²) >= 11 is 0. The maximum Gasteiger partial charge on any atom is 0.485 e. The quantitative estimate of drug-likeness (QED) is 0.194. The number of hydrogen-bond donors (Lipinski definition) is 0. The van der Waals surface area contributed by atoms with Gasteiger partial charge in [0.15, 0.2) is 38.3 Å². The molecule has 14 heteroatoms. The molecular formula is C19H9F9O3S2. The van der Waals surface area contributed by atoms with Crippen LogP contribution in [-0.4, -0.2) is 18.5 Å². The summed E-state index contributed by atoms with van der Waals surface area (Å²) in [7, 11) is -8.00. The van der Waals surface area contributed by atoms with Crippen molar-refractivity contribution in [3.63, 3.8) is 0 Å². The first-order valence-corrected chi connectivity index (χ1v) is 10.9. The van der Waals surface area contributed by atoms with Gasteiger partial charge in [0, 0.05) is 24.3 Å². The summed E-state index contributed by atoms with van der Waals surface area (Å²) in [6.45, 7) is 0. The van der Waals surface area contributed by atoms with Crippen LogP contribution in [0.25, 0.3) is 0 Å². The van der Waals surface area contributed by atoms with Crippen molar-refractivity contribution in [3.8, 4) is 0 Å². The Hall–Kier alpha value is -2.71. The molecule has 0 aliphatic heterocycles. The molecule has 0 heterocycles. The predicted octanol–water partition coefficient (Wildman–Crippen LogP) is 5.67. The van der Waals surface area contributed by atoms with Crippen LogP contribution in [0, 0.1) is 34.9 Å². The second kappa shape index (κ2) is 10.1. The molecule has 3 aromatic carbocycles. The average molecular weight is 520 g/mol. The van der Waals surface area contributed by atoms with Crippen LogP contribution >= 0.6 is 0 Å².